The summed E-state index contributed by atoms with van der Waals surface area (Å²) in [6, 6.07) is 13.5. The maximum atomic E-state index is 12.1. The molecule has 0 bridgehead atoms. The molecule has 0 spiro atoms. The molecular weight excluding hydrogens is 326 g/mol. The molecule has 0 heterocycles. The molecule has 0 aliphatic heterocycles. The third kappa shape index (κ3) is 5.38. The van der Waals surface area contributed by atoms with E-state index in [0.717, 1.165) is 11.3 Å². The zero-order valence-corrected chi connectivity index (χ0v) is 16.1. The Balaban J connectivity index is 2.03. The van der Waals surface area contributed by atoms with E-state index in [1.165, 1.54) is 11.6 Å². The number of carbonyl (C=O) groups excluding carboxylic acids is 1. The van der Waals surface area contributed by atoms with Crippen LogP contribution in [-0.4, -0.2) is 19.6 Å². The molecule has 0 atom stereocenters. The van der Waals surface area contributed by atoms with Crippen LogP contribution in [0.5, 0.6) is 11.5 Å². The lowest BCUT2D eigenvalue weighted by molar-refractivity contribution is -0.111. The number of rotatable bonds is 6. The third-order valence-electron chi connectivity index (χ3n) is 3.93. The van der Waals surface area contributed by atoms with Gasteiger partial charge in [-0.2, -0.15) is 0 Å². The molecule has 1 N–H and O–H groups in total. The highest BCUT2D eigenvalue weighted by Crippen LogP contribution is 2.28. The van der Waals surface area contributed by atoms with Crippen molar-refractivity contribution in [1.82, 2.24) is 0 Å². The molecular formula is C22H27NO3. The summed E-state index contributed by atoms with van der Waals surface area (Å²) in [4.78, 5) is 12.1. The molecule has 2 rings (SSSR count). The monoisotopic (exact) mass is 353 g/mol. The Hall–Kier alpha value is -2.75. The largest absolute Gasteiger partial charge is 0.493 e. The van der Waals surface area contributed by atoms with Gasteiger partial charge in [0.2, 0.25) is 5.91 Å². The zero-order chi connectivity index (χ0) is 19.2. The van der Waals surface area contributed by atoms with Gasteiger partial charge in [0, 0.05) is 11.8 Å². The standard InChI is InChI=1S/C22H27NO3/c1-6-26-19-13-7-16(15-20(19)25-5)8-14-21(24)23-18-11-9-17(10-12-18)22(2,3)4/h7-15H,6H2,1-5H3,(H,23,24)/b14-8+. The van der Waals surface area contributed by atoms with Crippen molar-refractivity contribution in [2.45, 2.75) is 33.1 Å². The molecule has 1 amide bonds. The molecule has 0 fully saturated rings. The summed E-state index contributed by atoms with van der Waals surface area (Å²) in [7, 11) is 1.60. The van der Waals surface area contributed by atoms with Crippen molar-refractivity contribution in [1.29, 1.82) is 0 Å². The highest BCUT2D eigenvalue weighted by molar-refractivity contribution is 6.01. The second-order valence-corrected chi connectivity index (χ2v) is 6.99. The van der Waals surface area contributed by atoms with E-state index >= 15 is 0 Å². The summed E-state index contributed by atoms with van der Waals surface area (Å²) in [6.07, 6.45) is 3.25. The minimum Gasteiger partial charge on any atom is -0.493 e. The molecule has 138 valence electrons. The fourth-order valence-corrected chi connectivity index (χ4v) is 2.47. The Morgan fingerprint density at radius 3 is 2.35 bits per heavy atom. The van der Waals surface area contributed by atoms with Crippen LogP contribution in [0.3, 0.4) is 0 Å². The van der Waals surface area contributed by atoms with Gasteiger partial charge in [0.1, 0.15) is 0 Å². The Kier molecular flexibility index (Phi) is 6.45. The molecule has 0 aliphatic rings. The molecule has 0 aromatic heterocycles. The number of amides is 1. The summed E-state index contributed by atoms with van der Waals surface area (Å²) >= 11 is 0. The quantitative estimate of drug-likeness (QED) is 0.740. The average Bonchev–Trinajstić information content (AvgIpc) is 2.60. The van der Waals surface area contributed by atoms with Gasteiger partial charge < -0.3 is 14.8 Å². The predicted molar refractivity (Wildman–Crippen MR) is 107 cm³/mol. The molecule has 0 saturated heterocycles. The van der Waals surface area contributed by atoms with E-state index in [-0.39, 0.29) is 11.3 Å². The van der Waals surface area contributed by atoms with Gasteiger partial charge in [0.15, 0.2) is 11.5 Å². The molecule has 0 unspecified atom stereocenters. The van der Waals surface area contributed by atoms with Crippen molar-refractivity contribution in [3.05, 3.63) is 59.7 Å². The van der Waals surface area contributed by atoms with Crippen LogP contribution in [0.2, 0.25) is 0 Å². The lowest BCUT2D eigenvalue weighted by Crippen LogP contribution is -2.12. The lowest BCUT2D eigenvalue weighted by Gasteiger charge is -2.19. The fourth-order valence-electron chi connectivity index (χ4n) is 2.47. The summed E-state index contributed by atoms with van der Waals surface area (Å²) in [5.41, 5.74) is 2.96. The first-order chi connectivity index (χ1) is 12.3. The molecule has 26 heavy (non-hydrogen) atoms. The number of hydrogen-bond donors (Lipinski definition) is 1. The second-order valence-electron chi connectivity index (χ2n) is 6.99. The highest BCUT2D eigenvalue weighted by Gasteiger charge is 2.13. The number of hydrogen-bond acceptors (Lipinski definition) is 3. The maximum Gasteiger partial charge on any atom is 0.248 e. The SMILES string of the molecule is CCOc1ccc(/C=C/C(=O)Nc2ccc(C(C)(C)C)cc2)cc1OC. The number of carbonyl (C=O) groups is 1. The van der Waals surface area contributed by atoms with Crippen LogP contribution in [0.15, 0.2) is 48.5 Å². The van der Waals surface area contributed by atoms with Crippen molar-refractivity contribution in [3.8, 4) is 11.5 Å². The van der Waals surface area contributed by atoms with Crippen LogP contribution in [-0.2, 0) is 10.2 Å². The van der Waals surface area contributed by atoms with Crippen LogP contribution in [0.25, 0.3) is 6.08 Å². The van der Waals surface area contributed by atoms with Crippen molar-refractivity contribution in [2.75, 3.05) is 19.0 Å². The van der Waals surface area contributed by atoms with Gasteiger partial charge >= 0.3 is 0 Å². The summed E-state index contributed by atoms with van der Waals surface area (Å²) in [5, 5.41) is 2.87. The fraction of sp³-hybridized carbons (Fsp3) is 0.318. The van der Waals surface area contributed by atoms with E-state index in [9.17, 15) is 4.79 Å². The Morgan fingerprint density at radius 2 is 1.77 bits per heavy atom. The van der Waals surface area contributed by atoms with Crippen LogP contribution < -0.4 is 14.8 Å². The maximum absolute atomic E-state index is 12.1. The summed E-state index contributed by atoms with van der Waals surface area (Å²) in [6.45, 7) is 8.98. The smallest absolute Gasteiger partial charge is 0.248 e. The van der Waals surface area contributed by atoms with Crippen LogP contribution in [0.1, 0.15) is 38.8 Å². The first-order valence-corrected chi connectivity index (χ1v) is 8.74. The zero-order valence-electron chi connectivity index (χ0n) is 16.1. The van der Waals surface area contributed by atoms with Crippen LogP contribution in [0.4, 0.5) is 5.69 Å². The first-order valence-electron chi connectivity index (χ1n) is 8.74. The topological polar surface area (TPSA) is 47.6 Å². The van der Waals surface area contributed by atoms with Crippen molar-refractivity contribution in [3.63, 3.8) is 0 Å². The number of ether oxygens (including phenoxy) is 2. The van der Waals surface area contributed by atoms with Gasteiger partial charge in [-0.05, 0) is 53.8 Å². The van der Waals surface area contributed by atoms with E-state index in [0.29, 0.717) is 18.1 Å². The number of benzene rings is 2. The van der Waals surface area contributed by atoms with Gasteiger partial charge in [0.25, 0.3) is 0 Å². The van der Waals surface area contributed by atoms with Crippen molar-refractivity contribution < 1.29 is 14.3 Å². The molecule has 0 radical (unpaired) electrons. The normalized spacial score (nSPS) is 11.4. The van der Waals surface area contributed by atoms with E-state index < -0.39 is 0 Å². The summed E-state index contributed by atoms with van der Waals surface area (Å²) < 4.78 is 10.8. The van der Waals surface area contributed by atoms with Crippen LogP contribution >= 0.6 is 0 Å². The van der Waals surface area contributed by atoms with Crippen molar-refractivity contribution in [2.24, 2.45) is 0 Å². The van der Waals surface area contributed by atoms with E-state index in [1.54, 1.807) is 13.2 Å². The molecule has 2 aromatic rings. The van der Waals surface area contributed by atoms with Gasteiger partial charge in [0.05, 0.1) is 13.7 Å². The van der Waals surface area contributed by atoms with E-state index in [4.69, 9.17) is 9.47 Å². The average molecular weight is 353 g/mol. The Bertz CT molecular complexity index is 771. The minimum atomic E-state index is -0.179. The van der Waals surface area contributed by atoms with Crippen molar-refractivity contribution >= 4 is 17.7 Å². The number of nitrogens with one attached hydrogen (secondary N) is 1. The second kappa shape index (κ2) is 8.56. The Morgan fingerprint density at radius 1 is 1.08 bits per heavy atom. The van der Waals surface area contributed by atoms with Gasteiger partial charge in [-0.25, -0.2) is 0 Å². The molecule has 4 nitrogen and oxygen atoms in total. The van der Waals surface area contributed by atoms with E-state index in [1.807, 2.05) is 49.4 Å². The first kappa shape index (κ1) is 19.6. The lowest BCUT2D eigenvalue weighted by atomic mass is 9.87. The predicted octanol–water partition coefficient (Wildman–Crippen LogP) is 5.04. The molecule has 2 aromatic carbocycles. The number of anilines is 1. The highest BCUT2D eigenvalue weighted by atomic mass is 16.5. The van der Waals surface area contributed by atoms with Gasteiger partial charge in [-0.1, -0.05) is 39.0 Å². The molecule has 0 aliphatic carbocycles. The number of methoxy groups -OCH3 is 1. The Labute approximate surface area is 155 Å². The van der Waals surface area contributed by atoms with Crippen LogP contribution in [0, 0.1) is 0 Å². The molecule has 4 heteroatoms. The van der Waals surface area contributed by atoms with Gasteiger partial charge in [-0.3, -0.25) is 4.79 Å². The van der Waals surface area contributed by atoms with Gasteiger partial charge in [-0.15, -0.1) is 0 Å². The summed E-state index contributed by atoms with van der Waals surface area (Å²) in [5.74, 6) is 1.16. The minimum absolute atomic E-state index is 0.0924. The van der Waals surface area contributed by atoms with E-state index in [2.05, 4.69) is 26.1 Å². The molecule has 0 saturated carbocycles. The third-order valence-corrected chi connectivity index (χ3v) is 3.93.